The second-order valence-corrected chi connectivity index (χ2v) is 11.5. The minimum atomic E-state index is -0.517. The van der Waals surface area contributed by atoms with Gasteiger partial charge in [-0.25, -0.2) is 19.2 Å². The van der Waals surface area contributed by atoms with Gasteiger partial charge in [0.25, 0.3) is 0 Å². The van der Waals surface area contributed by atoms with Gasteiger partial charge in [-0.15, -0.1) is 0 Å². The van der Waals surface area contributed by atoms with Crippen molar-refractivity contribution in [2.24, 2.45) is 11.8 Å². The van der Waals surface area contributed by atoms with Crippen LogP contribution in [0.25, 0.3) is 0 Å². The van der Waals surface area contributed by atoms with Crippen molar-refractivity contribution in [1.29, 1.82) is 0 Å². The molecule has 10 nitrogen and oxygen atoms in total. The minimum absolute atomic E-state index is 0.00930. The minimum Gasteiger partial charge on any atom is -0.381 e. The van der Waals surface area contributed by atoms with Crippen molar-refractivity contribution in [2.75, 3.05) is 44.7 Å². The number of nitrogens with one attached hydrogen (secondary N) is 3. The molecule has 0 spiro atoms. The molecule has 5 rings (SSSR count). The van der Waals surface area contributed by atoms with Gasteiger partial charge in [0.2, 0.25) is 0 Å². The van der Waals surface area contributed by atoms with Gasteiger partial charge >= 0.3 is 6.03 Å². The Morgan fingerprint density at radius 1 is 1.25 bits per heavy atom. The molecule has 1 aromatic heterocycles. The fourth-order valence-electron chi connectivity index (χ4n) is 6.56. The van der Waals surface area contributed by atoms with Gasteiger partial charge in [0.15, 0.2) is 11.6 Å². The van der Waals surface area contributed by atoms with E-state index in [1.54, 1.807) is 6.92 Å². The summed E-state index contributed by atoms with van der Waals surface area (Å²) in [6.45, 7) is 15.2. The molecule has 5 heterocycles. The van der Waals surface area contributed by atoms with Crippen LogP contribution in [-0.4, -0.2) is 99.9 Å². The molecule has 1 aromatic rings. The summed E-state index contributed by atoms with van der Waals surface area (Å²) in [7, 11) is 0. The van der Waals surface area contributed by atoms with E-state index in [1.165, 1.54) is 6.20 Å². The van der Waals surface area contributed by atoms with Gasteiger partial charge in [-0.3, -0.25) is 20.7 Å². The smallest absolute Gasteiger partial charge is 0.322 e. The first-order valence-corrected chi connectivity index (χ1v) is 13.3. The molecule has 0 aliphatic carbocycles. The van der Waals surface area contributed by atoms with E-state index in [9.17, 15) is 9.18 Å². The first-order valence-electron chi connectivity index (χ1n) is 13.3. The molecule has 4 aliphatic rings. The number of carbonyl (C=O) groups is 1. The Labute approximate surface area is 213 Å². The lowest BCUT2D eigenvalue weighted by molar-refractivity contribution is 0.00805. The summed E-state index contributed by atoms with van der Waals surface area (Å²) in [4.78, 5) is 29.0. The highest BCUT2D eigenvalue weighted by Crippen LogP contribution is 2.41. The average Bonchev–Trinajstić information content (AvgIpc) is 3.41. The zero-order chi connectivity index (χ0) is 25.6. The molecule has 0 bridgehead atoms. The molecule has 4 saturated heterocycles. The number of likely N-dealkylation sites (tertiary alicyclic amines) is 1. The third-order valence-corrected chi connectivity index (χ3v) is 8.64. The molecule has 4 fully saturated rings. The van der Waals surface area contributed by atoms with Crippen LogP contribution < -0.4 is 16.2 Å². The summed E-state index contributed by atoms with van der Waals surface area (Å²) in [6, 6.07) is 0.360. The number of urea groups is 1. The Morgan fingerprint density at radius 3 is 2.75 bits per heavy atom. The third-order valence-electron chi connectivity index (χ3n) is 8.64. The van der Waals surface area contributed by atoms with Gasteiger partial charge in [-0.1, -0.05) is 0 Å². The zero-order valence-corrected chi connectivity index (χ0v) is 22.1. The Morgan fingerprint density at radius 2 is 2.00 bits per heavy atom. The maximum absolute atomic E-state index is 14.6. The number of aryl methyl sites for hydroxylation is 1. The van der Waals surface area contributed by atoms with Crippen LogP contribution in [0.1, 0.15) is 46.4 Å². The average molecular weight is 505 g/mol. The van der Waals surface area contributed by atoms with Crippen LogP contribution in [0, 0.1) is 24.6 Å². The first kappa shape index (κ1) is 25.6. The third kappa shape index (κ3) is 4.66. The normalized spacial score (nSPS) is 33.1. The number of halogens is 1. The van der Waals surface area contributed by atoms with Crippen molar-refractivity contribution in [1.82, 2.24) is 35.5 Å². The van der Waals surface area contributed by atoms with Crippen LogP contribution in [0.5, 0.6) is 0 Å². The number of anilines is 1. The largest absolute Gasteiger partial charge is 0.381 e. The van der Waals surface area contributed by atoms with Gasteiger partial charge in [0.1, 0.15) is 12.0 Å². The number of fused-ring (bicyclic) bond motifs is 1. The lowest BCUT2D eigenvalue weighted by Gasteiger charge is -2.49. The van der Waals surface area contributed by atoms with Gasteiger partial charge in [0.05, 0.1) is 17.8 Å². The number of piperazine rings is 1. The number of rotatable bonds is 4. The number of aromatic nitrogens is 2. The van der Waals surface area contributed by atoms with Crippen molar-refractivity contribution >= 4 is 11.8 Å². The van der Waals surface area contributed by atoms with Crippen molar-refractivity contribution in [2.45, 2.75) is 77.3 Å². The summed E-state index contributed by atoms with van der Waals surface area (Å²) < 4.78 is 20.2. The van der Waals surface area contributed by atoms with E-state index >= 15 is 0 Å². The predicted octanol–water partition coefficient (Wildman–Crippen LogP) is 1.79. The number of amides is 2. The summed E-state index contributed by atoms with van der Waals surface area (Å²) in [5, 5.41) is 3.29. The molecule has 3 unspecified atom stereocenters. The molecule has 5 atom stereocenters. The van der Waals surface area contributed by atoms with Gasteiger partial charge in [0, 0.05) is 57.4 Å². The van der Waals surface area contributed by atoms with Crippen molar-refractivity contribution in [3.05, 3.63) is 17.8 Å². The van der Waals surface area contributed by atoms with Crippen molar-refractivity contribution in [3.8, 4) is 0 Å². The number of hydrogen-bond acceptors (Lipinski definition) is 8. The fraction of sp³-hybridized carbons (Fsp3) is 0.800. The number of nitrogens with zero attached hydrogens (tertiary/aromatic N) is 5. The quantitative estimate of drug-likeness (QED) is 0.571. The molecule has 11 heteroatoms. The molecule has 0 saturated carbocycles. The highest BCUT2D eigenvalue weighted by Gasteiger charge is 2.59. The van der Waals surface area contributed by atoms with Crippen LogP contribution >= 0.6 is 0 Å². The van der Waals surface area contributed by atoms with Crippen LogP contribution in [-0.2, 0) is 4.74 Å². The lowest BCUT2D eigenvalue weighted by atomic mass is 9.90. The molecule has 2 amide bonds. The van der Waals surface area contributed by atoms with Crippen LogP contribution in [0.4, 0.5) is 15.0 Å². The molecule has 200 valence electrons. The Hall–Kier alpha value is -2.08. The maximum atomic E-state index is 14.6. The highest BCUT2D eigenvalue weighted by molar-refractivity contribution is 5.77. The maximum Gasteiger partial charge on any atom is 0.322 e. The van der Waals surface area contributed by atoms with Gasteiger partial charge in [-0.2, -0.15) is 0 Å². The number of hydrazine groups is 1. The monoisotopic (exact) mass is 504 g/mol. The fourth-order valence-corrected chi connectivity index (χ4v) is 6.56. The van der Waals surface area contributed by atoms with E-state index in [4.69, 9.17) is 4.74 Å². The zero-order valence-electron chi connectivity index (χ0n) is 22.1. The Bertz CT molecular complexity index is 958. The van der Waals surface area contributed by atoms with E-state index < -0.39 is 17.5 Å². The summed E-state index contributed by atoms with van der Waals surface area (Å²) in [5.74, 6) is 0.816. The summed E-state index contributed by atoms with van der Waals surface area (Å²) >= 11 is 0. The molecular formula is C25H41FN8O2. The molecule has 0 aromatic carbocycles. The van der Waals surface area contributed by atoms with Gasteiger partial charge < -0.3 is 15.0 Å². The number of ether oxygens (including phenoxy) is 1. The van der Waals surface area contributed by atoms with Crippen LogP contribution in [0.2, 0.25) is 0 Å². The Balaban J connectivity index is 1.36. The van der Waals surface area contributed by atoms with E-state index in [2.05, 4.69) is 58.7 Å². The molecule has 4 aliphatic heterocycles. The molecule has 0 radical (unpaired) electrons. The van der Waals surface area contributed by atoms with Gasteiger partial charge in [-0.05, 0) is 53.4 Å². The highest BCUT2D eigenvalue weighted by atomic mass is 19.1. The van der Waals surface area contributed by atoms with E-state index in [-0.39, 0.29) is 35.9 Å². The lowest BCUT2D eigenvalue weighted by Crippen LogP contribution is -2.65. The molecule has 3 N–H and O–H groups in total. The first-order chi connectivity index (χ1) is 17.2. The van der Waals surface area contributed by atoms with E-state index in [1.807, 2.05) is 9.80 Å². The SMILES string of the molecule is Cc1ncc(F)c(NC2C3CNNC3C(C)(C)N2C(=O)N2C[C@@H](C)N(CC3CCOCC3)C[C@@H]2C)n1. The summed E-state index contributed by atoms with van der Waals surface area (Å²) in [6.07, 6.45) is 2.99. The van der Waals surface area contributed by atoms with Crippen LogP contribution in [0.15, 0.2) is 6.20 Å². The second-order valence-electron chi connectivity index (χ2n) is 11.5. The summed E-state index contributed by atoms with van der Waals surface area (Å²) in [5.41, 5.74) is 6.10. The van der Waals surface area contributed by atoms with Crippen LogP contribution in [0.3, 0.4) is 0 Å². The topological polar surface area (TPSA) is 97.9 Å². The number of hydrogen-bond donors (Lipinski definition) is 3. The Kier molecular flexibility index (Phi) is 7.10. The van der Waals surface area contributed by atoms with E-state index in [0.29, 0.717) is 24.8 Å². The molecule has 36 heavy (non-hydrogen) atoms. The molecular weight excluding hydrogens is 463 g/mol. The van der Waals surface area contributed by atoms with Crippen molar-refractivity contribution in [3.63, 3.8) is 0 Å². The van der Waals surface area contributed by atoms with E-state index in [0.717, 1.165) is 39.1 Å². The predicted molar refractivity (Wildman–Crippen MR) is 135 cm³/mol. The number of carbonyl (C=O) groups excluding carboxylic acids is 1. The van der Waals surface area contributed by atoms with Crippen molar-refractivity contribution < 1.29 is 13.9 Å². The standard InChI is InChI=1S/C25H41FN8O2/c1-15-13-33(16(2)12-32(15)14-18-6-8-36-9-7-18)24(35)34-23(19-10-28-31-21(19)25(34,4)5)30-22-20(26)11-27-17(3)29-22/h11,15-16,18-19,21,23,28,31H,6-10,12-14H2,1-5H3,(H,27,29,30)/t15-,16+,19?,21?,23?/m1/s1. The second kappa shape index (κ2) is 10.00.